The first-order chi connectivity index (χ1) is 17.4. The summed E-state index contributed by atoms with van der Waals surface area (Å²) in [6.07, 6.45) is 1.93. The van der Waals surface area contributed by atoms with Crippen molar-refractivity contribution in [2.24, 2.45) is 0 Å². The van der Waals surface area contributed by atoms with Gasteiger partial charge < -0.3 is 4.90 Å². The lowest BCUT2D eigenvalue weighted by Crippen LogP contribution is -2.47. The third-order valence-corrected chi connectivity index (χ3v) is 8.84. The minimum Gasteiger partial charge on any atom is -0.340 e. The van der Waals surface area contributed by atoms with E-state index < -0.39 is 5.41 Å². The van der Waals surface area contributed by atoms with Gasteiger partial charge >= 0.3 is 0 Å². The summed E-state index contributed by atoms with van der Waals surface area (Å²) >= 11 is 1.68. The summed E-state index contributed by atoms with van der Waals surface area (Å²) in [5.41, 5.74) is 0.831. The number of nitrogens with zero attached hydrogens (tertiary/aromatic N) is 3. The van der Waals surface area contributed by atoms with Gasteiger partial charge in [0.1, 0.15) is 6.54 Å². The lowest BCUT2D eigenvalue weighted by atomic mass is 9.80. The Kier molecular flexibility index (Phi) is 5.60. The van der Waals surface area contributed by atoms with Crippen molar-refractivity contribution in [3.8, 4) is 0 Å². The molecule has 2 aliphatic heterocycles. The van der Waals surface area contributed by atoms with Crippen LogP contribution in [0.15, 0.2) is 66.7 Å². The molecule has 0 aliphatic carbocycles. The number of piperidine rings is 1. The van der Waals surface area contributed by atoms with Gasteiger partial charge in [0.15, 0.2) is 0 Å². The summed E-state index contributed by atoms with van der Waals surface area (Å²) in [6.45, 7) is 2.81. The Balaban J connectivity index is 1.18. The summed E-state index contributed by atoms with van der Waals surface area (Å²) in [5.74, 6) is -0.585. The van der Waals surface area contributed by atoms with E-state index in [-0.39, 0.29) is 36.6 Å². The average molecular weight is 498 g/mol. The summed E-state index contributed by atoms with van der Waals surface area (Å²) in [5, 5.41) is 3.16. The van der Waals surface area contributed by atoms with Crippen LogP contribution < -0.4 is 0 Å². The van der Waals surface area contributed by atoms with Gasteiger partial charge in [-0.1, -0.05) is 54.6 Å². The van der Waals surface area contributed by atoms with E-state index in [0.717, 1.165) is 44.4 Å². The Hall–Kier alpha value is -3.58. The molecule has 0 saturated carbocycles. The molecule has 2 aliphatic rings. The van der Waals surface area contributed by atoms with Gasteiger partial charge in [0.25, 0.3) is 0 Å². The number of para-hydroxylation sites is 1. The van der Waals surface area contributed by atoms with E-state index in [0.29, 0.717) is 13.1 Å². The molecule has 2 fully saturated rings. The number of carbonyl (C=O) groups is 3. The minimum atomic E-state index is -0.965. The fourth-order valence-corrected chi connectivity index (χ4v) is 6.60. The van der Waals surface area contributed by atoms with E-state index in [2.05, 4.69) is 6.07 Å². The minimum absolute atomic E-state index is 0.0752. The smallest absolute Gasteiger partial charge is 0.242 e. The van der Waals surface area contributed by atoms with Crippen LogP contribution in [0.25, 0.3) is 21.0 Å². The second-order valence-electron chi connectivity index (χ2n) is 10.1. The molecular formula is C29H27N3O3S. The first kappa shape index (κ1) is 22.9. The maximum Gasteiger partial charge on any atom is 0.242 e. The molecule has 1 aromatic heterocycles. The van der Waals surface area contributed by atoms with Crippen molar-refractivity contribution in [1.82, 2.24) is 14.8 Å². The first-order valence-electron chi connectivity index (χ1n) is 12.4. The SMILES string of the molecule is CC1(c2ccc3ccccc3c2)CC(=O)N(CC(=O)N2CCCC(c3nc4ccccc4s3)C2)C1=O. The van der Waals surface area contributed by atoms with Crippen molar-refractivity contribution >= 4 is 50.0 Å². The van der Waals surface area contributed by atoms with Gasteiger partial charge in [0.2, 0.25) is 17.7 Å². The monoisotopic (exact) mass is 497 g/mol. The molecule has 3 aromatic carbocycles. The number of imide groups is 1. The second-order valence-corrected chi connectivity index (χ2v) is 11.1. The molecule has 0 N–H and O–H groups in total. The highest BCUT2D eigenvalue weighted by atomic mass is 32.1. The van der Waals surface area contributed by atoms with Gasteiger partial charge in [-0.15, -0.1) is 11.3 Å². The average Bonchev–Trinajstić information content (AvgIpc) is 3.43. The van der Waals surface area contributed by atoms with Gasteiger partial charge in [-0.3, -0.25) is 19.3 Å². The largest absolute Gasteiger partial charge is 0.340 e. The molecule has 6 nitrogen and oxygen atoms in total. The number of carbonyl (C=O) groups excluding carboxylic acids is 3. The zero-order valence-corrected chi connectivity index (χ0v) is 21.0. The highest BCUT2D eigenvalue weighted by molar-refractivity contribution is 7.18. The standard InChI is InChI=1S/C29H27N3O3S/c1-29(22-13-12-19-7-2-3-8-20(19)15-22)16-25(33)32(28(29)35)18-26(34)31-14-6-9-21(17-31)27-30-23-10-4-5-11-24(23)36-27/h2-5,7-8,10-13,15,21H,6,9,14,16-18H2,1H3. The third kappa shape index (κ3) is 3.88. The molecular weight excluding hydrogens is 470 g/mol. The quantitative estimate of drug-likeness (QED) is 0.377. The number of thiazole rings is 1. The van der Waals surface area contributed by atoms with Crippen LogP contribution in [0.5, 0.6) is 0 Å². The van der Waals surface area contributed by atoms with Crippen molar-refractivity contribution in [2.75, 3.05) is 19.6 Å². The summed E-state index contributed by atoms with van der Waals surface area (Å²) in [7, 11) is 0. The predicted octanol–water partition coefficient (Wildman–Crippen LogP) is 4.87. The summed E-state index contributed by atoms with van der Waals surface area (Å²) in [4.78, 5) is 47.5. The van der Waals surface area contributed by atoms with Crippen molar-refractivity contribution < 1.29 is 14.4 Å². The number of amides is 3. The number of aromatic nitrogens is 1. The molecule has 3 amide bonds. The Morgan fingerprint density at radius 2 is 1.83 bits per heavy atom. The maximum atomic E-state index is 13.5. The van der Waals surface area contributed by atoms with Crippen LogP contribution in [0.1, 0.15) is 42.7 Å². The van der Waals surface area contributed by atoms with Crippen LogP contribution in [-0.2, 0) is 19.8 Å². The normalized spacial score (nSPS) is 22.6. The van der Waals surface area contributed by atoms with Gasteiger partial charge in [0.05, 0.1) is 20.6 Å². The van der Waals surface area contributed by atoms with E-state index in [1.54, 1.807) is 16.2 Å². The number of hydrogen-bond donors (Lipinski definition) is 0. The highest BCUT2D eigenvalue weighted by Gasteiger charge is 2.50. The third-order valence-electron chi connectivity index (χ3n) is 7.64. The Bertz CT molecular complexity index is 1480. The van der Waals surface area contributed by atoms with E-state index in [9.17, 15) is 14.4 Å². The van der Waals surface area contributed by atoms with E-state index in [1.165, 1.54) is 4.90 Å². The van der Waals surface area contributed by atoms with Gasteiger partial charge in [-0.25, -0.2) is 4.98 Å². The zero-order valence-electron chi connectivity index (χ0n) is 20.1. The zero-order chi connectivity index (χ0) is 24.9. The Morgan fingerprint density at radius 1 is 1.06 bits per heavy atom. The van der Waals surface area contributed by atoms with E-state index >= 15 is 0 Å². The molecule has 182 valence electrons. The Labute approximate surface area is 213 Å². The van der Waals surface area contributed by atoms with Gasteiger partial charge in [0, 0.05) is 25.4 Å². The number of hydrogen-bond acceptors (Lipinski definition) is 5. The van der Waals surface area contributed by atoms with Crippen LogP contribution >= 0.6 is 11.3 Å². The summed E-state index contributed by atoms with van der Waals surface area (Å²) < 4.78 is 1.15. The molecule has 2 atom stereocenters. The van der Waals surface area contributed by atoms with Crippen LogP contribution in [0, 0.1) is 0 Å². The van der Waals surface area contributed by atoms with Crippen LogP contribution in [0.4, 0.5) is 0 Å². The van der Waals surface area contributed by atoms with Gasteiger partial charge in [-0.2, -0.15) is 0 Å². The number of fused-ring (bicyclic) bond motifs is 2. The molecule has 4 aromatic rings. The van der Waals surface area contributed by atoms with Crippen molar-refractivity contribution in [1.29, 1.82) is 0 Å². The molecule has 2 unspecified atom stereocenters. The van der Waals surface area contributed by atoms with Gasteiger partial charge in [-0.05, 0) is 48.2 Å². The molecule has 0 radical (unpaired) electrons. The molecule has 2 saturated heterocycles. The Morgan fingerprint density at radius 3 is 2.67 bits per heavy atom. The van der Waals surface area contributed by atoms with Crippen LogP contribution in [-0.4, -0.2) is 52.1 Å². The highest BCUT2D eigenvalue weighted by Crippen LogP contribution is 2.38. The van der Waals surface area contributed by atoms with E-state index in [1.807, 2.05) is 67.6 Å². The van der Waals surface area contributed by atoms with E-state index in [4.69, 9.17) is 4.98 Å². The van der Waals surface area contributed by atoms with Crippen molar-refractivity contribution in [3.63, 3.8) is 0 Å². The fourth-order valence-electron chi connectivity index (χ4n) is 5.51. The number of rotatable bonds is 4. The summed E-state index contributed by atoms with van der Waals surface area (Å²) in [6, 6.07) is 21.9. The topological polar surface area (TPSA) is 70.6 Å². The predicted molar refractivity (Wildman–Crippen MR) is 141 cm³/mol. The molecule has 0 spiro atoms. The van der Waals surface area contributed by atoms with Crippen molar-refractivity contribution in [3.05, 3.63) is 77.3 Å². The molecule has 7 heteroatoms. The molecule has 0 bridgehead atoms. The lowest BCUT2D eigenvalue weighted by molar-refractivity contribution is -0.146. The molecule has 36 heavy (non-hydrogen) atoms. The molecule has 3 heterocycles. The number of likely N-dealkylation sites (tertiary alicyclic amines) is 2. The lowest BCUT2D eigenvalue weighted by Gasteiger charge is -2.33. The second kappa shape index (κ2) is 8.82. The fraction of sp³-hybridized carbons (Fsp3) is 0.310. The van der Waals surface area contributed by atoms with Crippen LogP contribution in [0.2, 0.25) is 0 Å². The van der Waals surface area contributed by atoms with Crippen LogP contribution in [0.3, 0.4) is 0 Å². The maximum absolute atomic E-state index is 13.5. The molecule has 6 rings (SSSR count). The first-order valence-corrected chi connectivity index (χ1v) is 13.2. The number of benzene rings is 3. The van der Waals surface area contributed by atoms with Crippen molar-refractivity contribution in [2.45, 2.75) is 37.5 Å².